The molecule has 18 heavy (non-hydrogen) atoms. The third-order valence-corrected chi connectivity index (χ3v) is 2.21. The summed E-state index contributed by atoms with van der Waals surface area (Å²) in [6, 6.07) is 5.93. The van der Waals surface area contributed by atoms with Crippen LogP contribution in [0.1, 0.15) is 18.4 Å². The van der Waals surface area contributed by atoms with Gasteiger partial charge in [0.2, 0.25) is 0 Å². The molecule has 94 valence electrons. The number of hydrogen-bond donors (Lipinski definition) is 1. The van der Waals surface area contributed by atoms with Crippen LogP contribution in [0.4, 0.5) is 5.82 Å². The van der Waals surface area contributed by atoms with Crippen LogP contribution in [0.15, 0.2) is 6.07 Å². The van der Waals surface area contributed by atoms with E-state index in [2.05, 4.69) is 15.3 Å². The monoisotopic (exact) mass is 244 g/mol. The van der Waals surface area contributed by atoms with Crippen LogP contribution in [0.5, 0.6) is 0 Å². The van der Waals surface area contributed by atoms with Crippen LogP contribution in [0.3, 0.4) is 0 Å². The van der Waals surface area contributed by atoms with Gasteiger partial charge in [-0.15, -0.1) is 0 Å². The molecule has 0 radical (unpaired) electrons. The second-order valence-electron chi connectivity index (χ2n) is 3.80. The van der Waals surface area contributed by atoms with Crippen molar-refractivity contribution in [3.63, 3.8) is 0 Å². The number of nitriles is 2. The smallest absolute Gasteiger partial charge is 0.145 e. The number of aromatic nitrogens is 2. The topological polar surface area (TPSA) is 88.6 Å². The summed E-state index contributed by atoms with van der Waals surface area (Å²) >= 11 is 0. The van der Waals surface area contributed by atoms with Gasteiger partial charge in [0.1, 0.15) is 11.6 Å². The second kappa shape index (κ2) is 7.21. The molecule has 0 bridgehead atoms. The minimum Gasteiger partial charge on any atom is -0.370 e. The Bertz CT molecular complexity index is 454. The van der Waals surface area contributed by atoms with Gasteiger partial charge in [0, 0.05) is 18.3 Å². The highest BCUT2D eigenvalue weighted by molar-refractivity contribution is 5.35. The Morgan fingerprint density at radius 3 is 2.50 bits per heavy atom. The summed E-state index contributed by atoms with van der Waals surface area (Å²) in [6.07, 6.45) is 0. The summed E-state index contributed by atoms with van der Waals surface area (Å²) in [6.45, 7) is 5.47. The van der Waals surface area contributed by atoms with Gasteiger partial charge >= 0.3 is 0 Å². The van der Waals surface area contributed by atoms with Gasteiger partial charge in [0.05, 0.1) is 31.8 Å². The molecule has 0 unspecified atom stereocenters. The zero-order valence-electron chi connectivity index (χ0n) is 10.6. The second-order valence-corrected chi connectivity index (χ2v) is 3.80. The number of aryl methyl sites for hydroxylation is 1. The lowest BCUT2D eigenvalue weighted by molar-refractivity contribution is 0.325. The predicted molar refractivity (Wildman–Crippen MR) is 67.4 cm³/mol. The molecule has 1 heterocycles. The van der Waals surface area contributed by atoms with Crippen molar-refractivity contribution in [2.45, 2.75) is 20.4 Å². The maximum Gasteiger partial charge on any atom is 0.145 e. The molecule has 0 atom stereocenters. The molecule has 0 amide bonds. The first-order chi connectivity index (χ1) is 8.69. The zero-order valence-corrected chi connectivity index (χ0v) is 10.6. The summed E-state index contributed by atoms with van der Waals surface area (Å²) in [5, 5.41) is 20.5. The van der Waals surface area contributed by atoms with Gasteiger partial charge in [-0.25, -0.2) is 9.97 Å². The van der Waals surface area contributed by atoms with Gasteiger partial charge in [0.15, 0.2) is 0 Å². The van der Waals surface area contributed by atoms with E-state index < -0.39 is 0 Å². The van der Waals surface area contributed by atoms with Crippen molar-refractivity contribution in [2.75, 3.05) is 25.0 Å². The average Bonchev–Trinajstić information content (AvgIpc) is 2.29. The van der Waals surface area contributed by atoms with Crippen molar-refractivity contribution < 1.29 is 0 Å². The van der Waals surface area contributed by atoms with E-state index in [1.165, 1.54) is 0 Å². The number of hydrogen-bond acceptors (Lipinski definition) is 6. The van der Waals surface area contributed by atoms with Crippen LogP contribution in [-0.4, -0.2) is 34.5 Å². The number of nitrogens with zero attached hydrogens (tertiary/aromatic N) is 5. The Labute approximate surface area is 107 Å². The van der Waals surface area contributed by atoms with E-state index >= 15 is 0 Å². The summed E-state index contributed by atoms with van der Waals surface area (Å²) < 4.78 is 0. The van der Waals surface area contributed by atoms with E-state index in [0.717, 1.165) is 18.1 Å². The molecular weight excluding hydrogens is 228 g/mol. The first kappa shape index (κ1) is 13.9. The van der Waals surface area contributed by atoms with Crippen LogP contribution in [0.2, 0.25) is 0 Å². The molecule has 1 aromatic heterocycles. The normalized spacial score (nSPS) is 9.83. The lowest BCUT2D eigenvalue weighted by atomic mass is 10.3. The van der Waals surface area contributed by atoms with E-state index in [4.69, 9.17) is 10.5 Å². The van der Waals surface area contributed by atoms with Gasteiger partial charge in [-0.3, -0.25) is 4.90 Å². The largest absolute Gasteiger partial charge is 0.370 e. The van der Waals surface area contributed by atoms with Gasteiger partial charge in [0.25, 0.3) is 0 Å². The van der Waals surface area contributed by atoms with E-state index in [9.17, 15) is 0 Å². The van der Waals surface area contributed by atoms with Gasteiger partial charge in [-0.1, -0.05) is 0 Å². The molecule has 0 saturated heterocycles. The Hall–Kier alpha value is -2.18. The van der Waals surface area contributed by atoms with Gasteiger partial charge in [-0.2, -0.15) is 10.5 Å². The first-order valence-electron chi connectivity index (χ1n) is 5.74. The lowest BCUT2D eigenvalue weighted by Crippen LogP contribution is -2.25. The minimum absolute atomic E-state index is 0.196. The Morgan fingerprint density at radius 1 is 1.28 bits per heavy atom. The zero-order chi connectivity index (χ0) is 13.4. The molecule has 6 heteroatoms. The Balaban J connectivity index is 2.82. The third-order valence-electron chi connectivity index (χ3n) is 2.21. The molecule has 0 aliphatic rings. The number of anilines is 1. The molecule has 0 fully saturated rings. The number of nitrogens with one attached hydrogen (secondary N) is 1. The molecule has 0 saturated carbocycles. The summed E-state index contributed by atoms with van der Waals surface area (Å²) in [4.78, 5) is 10.4. The van der Waals surface area contributed by atoms with Gasteiger partial charge < -0.3 is 5.32 Å². The Morgan fingerprint density at radius 2 is 1.94 bits per heavy atom. The summed E-state index contributed by atoms with van der Waals surface area (Å²) in [5.74, 6) is 1.39. The quantitative estimate of drug-likeness (QED) is 0.753. The number of rotatable bonds is 6. The maximum atomic E-state index is 8.68. The molecular formula is C12H16N6. The van der Waals surface area contributed by atoms with Crippen LogP contribution in [0.25, 0.3) is 0 Å². The van der Waals surface area contributed by atoms with E-state index in [1.54, 1.807) is 4.90 Å². The average molecular weight is 244 g/mol. The van der Waals surface area contributed by atoms with Crippen molar-refractivity contribution in [1.82, 2.24) is 14.9 Å². The molecule has 0 aliphatic heterocycles. The SMILES string of the molecule is CCNc1cc(C)nc(CN(CC#N)CC#N)n1. The van der Waals surface area contributed by atoms with E-state index in [1.807, 2.05) is 32.1 Å². The van der Waals surface area contributed by atoms with E-state index in [-0.39, 0.29) is 13.1 Å². The minimum atomic E-state index is 0.196. The van der Waals surface area contributed by atoms with Gasteiger partial charge in [-0.05, 0) is 13.8 Å². The fraction of sp³-hybridized carbons (Fsp3) is 0.500. The molecule has 1 rings (SSSR count). The standard InChI is InChI=1S/C12H16N6/c1-3-15-11-8-10(2)16-12(17-11)9-18(6-4-13)7-5-14/h8H,3,6-7,9H2,1-2H3,(H,15,16,17). The Kier molecular flexibility index (Phi) is 5.56. The van der Waals surface area contributed by atoms with Crippen molar-refractivity contribution in [1.29, 1.82) is 10.5 Å². The van der Waals surface area contributed by atoms with Crippen molar-refractivity contribution >= 4 is 5.82 Å². The maximum absolute atomic E-state index is 8.68. The predicted octanol–water partition coefficient (Wildman–Crippen LogP) is 1.07. The van der Waals surface area contributed by atoms with Crippen molar-refractivity contribution in [3.05, 3.63) is 17.6 Å². The molecule has 0 aromatic carbocycles. The highest BCUT2D eigenvalue weighted by Crippen LogP contribution is 2.07. The first-order valence-corrected chi connectivity index (χ1v) is 5.74. The van der Waals surface area contributed by atoms with Crippen molar-refractivity contribution in [3.8, 4) is 12.1 Å². The van der Waals surface area contributed by atoms with Crippen LogP contribution in [-0.2, 0) is 6.54 Å². The molecule has 6 nitrogen and oxygen atoms in total. The summed E-state index contributed by atoms with van der Waals surface area (Å²) in [5.41, 5.74) is 0.866. The van der Waals surface area contributed by atoms with Crippen LogP contribution in [0, 0.1) is 29.6 Å². The van der Waals surface area contributed by atoms with E-state index in [0.29, 0.717) is 12.4 Å². The third kappa shape index (κ3) is 4.36. The highest BCUT2D eigenvalue weighted by atomic mass is 15.1. The molecule has 1 aromatic rings. The fourth-order valence-corrected chi connectivity index (χ4v) is 1.54. The molecule has 1 N–H and O–H groups in total. The van der Waals surface area contributed by atoms with Crippen molar-refractivity contribution in [2.24, 2.45) is 0 Å². The van der Waals surface area contributed by atoms with Crippen LogP contribution < -0.4 is 5.32 Å². The summed E-state index contributed by atoms with van der Waals surface area (Å²) in [7, 11) is 0. The molecule has 0 spiro atoms. The fourth-order valence-electron chi connectivity index (χ4n) is 1.54. The van der Waals surface area contributed by atoms with Crippen LogP contribution >= 0.6 is 0 Å². The highest BCUT2D eigenvalue weighted by Gasteiger charge is 2.08. The molecule has 0 aliphatic carbocycles. The lowest BCUT2D eigenvalue weighted by Gasteiger charge is -2.15.